The molecule has 0 radical (unpaired) electrons. The lowest BCUT2D eigenvalue weighted by molar-refractivity contribution is 0.278. The SMILES string of the molecule is OCc1cc2c(Cl)nc(C3CC3)cc2[nH]1. The summed E-state index contributed by atoms with van der Waals surface area (Å²) in [5.74, 6) is 0.591. The van der Waals surface area contributed by atoms with Gasteiger partial charge in [-0.15, -0.1) is 0 Å². The van der Waals surface area contributed by atoms with Crippen molar-refractivity contribution in [3.8, 4) is 0 Å². The van der Waals surface area contributed by atoms with E-state index in [2.05, 4.69) is 9.97 Å². The number of nitrogens with one attached hydrogen (secondary N) is 1. The van der Waals surface area contributed by atoms with Crippen molar-refractivity contribution < 1.29 is 5.11 Å². The van der Waals surface area contributed by atoms with Crippen molar-refractivity contribution >= 4 is 22.5 Å². The van der Waals surface area contributed by atoms with Gasteiger partial charge in [0.2, 0.25) is 0 Å². The molecule has 4 heteroatoms. The van der Waals surface area contributed by atoms with E-state index in [0.29, 0.717) is 11.1 Å². The fraction of sp³-hybridized carbons (Fsp3) is 0.364. The summed E-state index contributed by atoms with van der Waals surface area (Å²) in [5, 5.41) is 10.5. The van der Waals surface area contributed by atoms with Gasteiger partial charge >= 0.3 is 0 Å². The van der Waals surface area contributed by atoms with Crippen molar-refractivity contribution in [3.63, 3.8) is 0 Å². The van der Waals surface area contributed by atoms with Crippen LogP contribution >= 0.6 is 11.6 Å². The normalized spacial score (nSPS) is 16.1. The van der Waals surface area contributed by atoms with Crippen LogP contribution in [0.25, 0.3) is 10.9 Å². The number of nitrogens with zero attached hydrogens (tertiary/aromatic N) is 1. The molecule has 2 aromatic rings. The third-order valence-electron chi connectivity index (χ3n) is 2.81. The first-order valence-electron chi connectivity index (χ1n) is 5.07. The second kappa shape index (κ2) is 3.22. The highest BCUT2D eigenvalue weighted by Gasteiger charge is 2.26. The molecule has 0 bridgehead atoms. The molecule has 78 valence electrons. The van der Waals surface area contributed by atoms with E-state index >= 15 is 0 Å². The minimum Gasteiger partial charge on any atom is -0.390 e. The number of aliphatic hydroxyl groups is 1. The third kappa shape index (κ3) is 1.52. The summed E-state index contributed by atoms with van der Waals surface area (Å²) < 4.78 is 0. The van der Waals surface area contributed by atoms with E-state index in [1.165, 1.54) is 12.8 Å². The summed E-state index contributed by atoms with van der Waals surface area (Å²) in [5.41, 5.74) is 2.82. The Morgan fingerprint density at radius 3 is 2.93 bits per heavy atom. The van der Waals surface area contributed by atoms with E-state index in [4.69, 9.17) is 16.7 Å². The topological polar surface area (TPSA) is 48.9 Å². The number of rotatable bonds is 2. The number of aliphatic hydroxyl groups excluding tert-OH is 1. The third-order valence-corrected chi connectivity index (χ3v) is 3.10. The summed E-state index contributed by atoms with van der Waals surface area (Å²) in [6, 6.07) is 3.89. The molecule has 0 spiro atoms. The molecule has 3 rings (SSSR count). The van der Waals surface area contributed by atoms with Crippen LogP contribution in [0.2, 0.25) is 5.15 Å². The van der Waals surface area contributed by atoms with E-state index in [-0.39, 0.29) is 6.61 Å². The van der Waals surface area contributed by atoms with Gasteiger partial charge in [-0.3, -0.25) is 0 Å². The molecule has 0 atom stereocenters. The minimum absolute atomic E-state index is 0.00374. The van der Waals surface area contributed by atoms with Crippen LogP contribution in [-0.4, -0.2) is 15.1 Å². The maximum atomic E-state index is 9.03. The number of hydrogen-bond acceptors (Lipinski definition) is 2. The average Bonchev–Trinajstić information content (AvgIpc) is 2.98. The zero-order chi connectivity index (χ0) is 10.4. The van der Waals surface area contributed by atoms with Gasteiger partial charge < -0.3 is 10.1 Å². The second-order valence-corrected chi connectivity index (χ2v) is 4.38. The molecule has 0 unspecified atom stereocenters. The Hall–Kier alpha value is -1.06. The van der Waals surface area contributed by atoms with Crippen LogP contribution in [0.4, 0.5) is 0 Å². The summed E-state index contributed by atoms with van der Waals surface area (Å²) >= 11 is 6.09. The fourth-order valence-electron chi connectivity index (χ4n) is 1.84. The molecular formula is C11H11ClN2O. The van der Waals surface area contributed by atoms with Crippen molar-refractivity contribution in [1.82, 2.24) is 9.97 Å². The molecule has 0 aromatic carbocycles. The van der Waals surface area contributed by atoms with Gasteiger partial charge in [-0.25, -0.2) is 4.98 Å². The Kier molecular flexibility index (Phi) is 1.97. The highest BCUT2D eigenvalue weighted by atomic mass is 35.5. The number of hydrogen-bond donors (Lipinski definition) is 2. The highest BCUT2D eigenvalue weighted by Crippen LogP contribution is 2.40. The van der Waals surface area contributed by atoms with E-state index in [1.54, 1.807) is 0 Å². The standard InChI is InChI=1S/C11H11ClN2O/c12-11-8-3-7(5-15)13-10(8)4-9(14-11)6-1-2-6/h3-4,6,13,15H,1-2,5H2. The van der Waals surface area contributed by atoms with Gasteiger partial charge in [0.25, 0.3) is 0 Å². The Morgan fingerprint density at radius 2 is 2.27 bits per heavy atom. The van der Waals surface area contributed by atoms with Crippen molar-refractivity contribution in [1.29, 1.82) is 0 Å². The highest BCUT2D eigenvalue weighted by molar-refractivity contribution is 6.34. The van der Waals surface area contributed by atoms with E-state index in [9.17, 15) is 0 Å². The first kappa shape index (κ1) is 9.19. The first-order valence-corrected chi connectivity index (χ1v) is 5.44. The maximum Gasteiger partial charge on any atom is 0.138 e. The van der Waals surface area contributed by atoms with Crippen LogP contribution in [0.5, 0.6) is 0 Å². The molecule has 0 amide bonds. The molecular weight excluding hydrogens is 212 g/mol. The van der Waals surface area contributed by atoms with Crippen LogP contribution in [-0.2, 0) is 6.61 Å². The van der Waals surface area contributed by atoms with Gasteiger partial charge in [0, 0.05) is 22.7 Å². The quantitative estimate of drug-likeness (QED) is 0.768. The van der Waals surface area contributed by atoms with Crippen molar-refractivity contribution in [2.75, 3.05) is 0 Å². The monoisotopic (exact) mass is 222 g/mol. The molecule has 1 saturated carbocycles. The summed E-state index contributed by atoms with van der Waals surface area (Å²) in [6.07, 6.45) is 2.42. The molecule has 1 fully saturated rings. The summed E-state index contributed by atoms with van der Waals surface area (Å²) in [4.78, 5) is 7.51. The zero-order valence-corrected chi connectivity index (χ0v) is 8.88. The van der Waals surface area contributed by atoms with Crippen molar-refractivity contribution in [2.45, 2.75) is 25.4 Å². The first-order chi connectivity index (χ1) is 7.28. The fourth-order valence-corrected chi connectivity index (χ4v) is 2.09. The number of fused-ring (bicyclic) bond motifs is 1. The molecule has 2 aromatic heterocycles. The average molecular weight is 223 g/mol. The number of pyridine rings is 1. The Morgan fingerprint density at radius 1 is 1.47 bits per heavy atom. The Labute approximate surface area is 92.1 Å². The minimum atomic E-state index is 0.00374. The Bertz CT molecular complexity index is 517. The number of aromatic amines is 1. The largest absolute Gasteiger partial charge is 0.390 e. The maximum absolute atomic E-state index is 9.03. The van der Waals surface area contributed by atoms with Gasteiger partial charge in [-0.05, 0) is 25.0 Å². The zero-order valence-electron chi connectivity index (χ0n) is 8.13. The van der Waals surface area contributed by atoms with E-state index < -0.39 is 0 Å². The molecule has 0 aliphatic heterocycles. The van der Waals surface area contributed by atoms with Crippen LogP contribution in [0.1, 0.15) is 30.1 Å². The van der Waals surface area contributed by atoms with Crippen molar-refractivity contribution in [2.24, 2.45) is 0 Å². The number of halogens is 1. The van der Waals surface area contributed by atoms with Gasteiger partial charge in [0.1, 0.15) is 5.15 Å². The number of aromatic nitrogens is 2. The molecule has 0 saturated heterocycles. The van der Waals surface area contributed by atoms with Gasteiger partial charge in [0.05, 0.1) is 12.1 Å². The Balaban J connectivity index is 2.20. The van der Waals surface area contributed by atoms with E-state index in [1.807, 2.05) is 12.1 Å². The summed E-state index contributed by atoms with van der Waals surface area (Å²) in [7, 11) is 0. The van der Waals surface area contributed by atoms with Gasteiger partial charge in [0.15, 0.2) is 0 Å². The smallest absolute Gasteiger partial charge is 0.138 e. The van der Waals surface area contributed by atoms with Gasteiger partial charge in [-0.1, -0.05) is 11.6 Å². The van der Waals surface area contributed by atoms with Crippen LogP contribution in [0.15, 0.2) is 12.1 Å². The molecule has 15 heavy (non-hydrogen) atoms. The van der Waals surface area contributed by atoms with Crippen LogP contribution in [0.3, 0.4) is 0 Å². The molecule has 3 nitrogen and oxygen atoms in total. The molecule has 1 aliphatic carbocycles. The molecule has 2 heterocycles. The second-order valence-electron chi connectivity index (χ2n) is 4.03. The van der Waals surface area contributed by atoms with Crippen LogP contribution in [0, 0.1) is 0 Å². The predicted molar refractivity (Wildman–Crippen MR) is 59.0 cm³/mol. The lowest BCUT2D eigenvalue weighted by atomic mass is 10.2. The summed E-state index contributed by atoms with van der Waals surface area (Å²) in [6.45, 7) is 0.00374. The number of H-pyrrole nitrogens is 1. The van der Waals surface area contributed by atoms with Crippen molar-refractivity contribution in [3.05, 3.63) is 28.7 Å². The molecule has 1 aliphatic rings. The lowest BCUT2D eigenvalue weighted by Crippen LogP contribution is -1.87. The lowest BCUT2D eigenvalue weighted by Gasteiger charge is -1.99. The molecule has 2 N–H and O–H groups in total. The predicted octanol–water partition coefficient (Wildman–Crippen LogP) is 2.59. The van der Waals surface area contributed by atoms with Gasteiger partial charge in [-0.2, -0.15) is 0 Å². The van der Waals surface area contributed by atoms with E-state index in [0.717, 1.165) is 22.3 Å². The van der Waals surface area contributed by atoms with Crippen LogP contribution < -0.4 is 0 Å².